The first-order valence-corrected chi connectivity index (χ1v) is 6.01. The molecule has 0 aromatic carbocycles. The molecule has 0 aromatic rings. The van der Waals surface area contributed by atoms with Gasteiger partial charge < -0.3 is 5.11 Å². The molecular weight excluding hydrogens is 172 g/mol. The summed E-state index contributed by atoms with van der Waals surface area (Å²) in [4.78, 5) is 0. The molecule has 2 atom stereocenters. The minimum absolute atomic E-state index is 0.181. The number of hydrogen-bond donors (Lipinski definition) is 1. The minimum atomic E-state index is -0.181. The largest absolute Gasteiger partial charge is 0.393 e. The molecule has 0 aliphatic heterocycles. The predicted octanol–water partition coefficient (Wildman–Crippen LogP) is 3.92. The topological polar surface area (TPSA) is 20.2 Å². The standard InChI is InChI=1S/C13H26O/c1-4-5-6-7-8-9-10-11-12(2)13(3)14/h9-10,12-14H,4-8,11H2,1-3H3. The molecule has 0 radical (unpaired) electrons. The summed E-state index contributed by atoms with van der Waals surface area (Å²) in [5.41, 5.74) is 0. The third-order valence-corrected chi connectivity index (χ3v) is 2.72. The van der Waals surface area contributed by atoms with Crippen molar-refractivity contribution in [1.82, 2.24) is 0 Å². The fraction of sp³-hybridized carbons (Fsp3) is 0.846. The lowest BCUT2D eigenvalue weighted by atomic mass is 10.0. The Morgan fingerprint density at radius 2 is 1.79 bits per heavy atom. The van der Waals surface area contributed by atoms with Crippen molar-refractivity contribution in [1.29, 1.82) is 0 Å². The third kappa shape index (κ3) is 8.31. The van der Waals surface area contributed by atoms with E-state index in [1.54, 1.807) is 0 Å². The number of aliphatic hydroxyl groups is 1. The molecule has 0 bridgehead atoms. The summed E-state index contributed by atoms with van der Waals surface area (Å²) < 4.78 is 0. The van der Waals surface area contributed by atoms with E-state index in [-0.39, 0.29) is 6.10 Å². The molecule has 0 spiro atoms. The smallest absolute Gasteiger partial charge is 0.0540 e. The van der Waals surface area contributed by atoms with E-state index in [4.69, 9.17) is 0 Å². The van der Waals surface area contributed by atoms with E-state index in [1.165, 1.54) is 32.1 Å². The van der Waals surface area contributed by atoms with Crippen molar-refractivity contribution in [2.24, 2.45) is 5.92 Å². The number of aliphatic hydroxyl groups excluding tert-OH is 1. The van der Waals surface area contributed by atoms with Crippen LogP contribution in [0.15, 0.2) is 12.2 Å². The van der Waals surface area contributed by atoms with Crippen LogP contribution in [0.1, 0.15) is 59.3 Å². The molecule has 1 heteroatoms. The van der Waals surface area contributed by atoms with E-state index in [9.17, 15) is 5.11 Å². The van der Waals surface area contributed by atoms with Crippen LogP contribution in [0, 0.1) is 5.92 Å². The third-order valence-electron chi connectivity index (χ3n) is 2.72. The lowest BCUT2D eigenvalue weighted by molar-refractivity contribution is 0.136. The van der Waals surface area contributed by atoms with Gasteiger partial charge in [0.05, 0.1) is 6.10 Å². The summed E-state index contributed by atoms with van der Waals surface area (Å²) in [5, 5.41) is 9.26. The van der Waals surface area contributed by atoms with Crippen molar-refractivity contribution < 1.29 is 5.11 Å². The van der Waals surface area contributed by atoms with Crippen LogP contribution < -0.4 is 0 Å². The Morgan fingerprint density at radius 1 is 1.07 bits per heavy atom. The van der Waals surface area contributed by atoms with Gasteiger partial charge in [-0.2, -0.15) is 0 Å². The lowest BCUT2D eigenvalue weighted by Gasteiger charge is -2.10. The van der Waals surface area contributed by atoms with Crippen molar-refractivity contribution in [3.63, 3.8) is 0 Å². The number of allylic oxidation sites excluding steroid dienone is 2. The summed E-state index contributed by atoms with van der Waals surface area (Å²) in [6.07, 6.45) is 11.8. The molecule has 0 heterocycles. The van der Waals surface area contributed by atoms with Crippen molar-refractivity contribution >= 4 is 0 Å². The Morgan fingerprint density at radius 3 is 2.36 bits per heavy atom. The molecule has 0 aromatic heterocycles. The second-order valence-electron chi connectivity index (χ2n) is 4.27. The summed E-state index contributed by atoms with van der Waals surface area (Å²) in [5.74, 6) is 0.391. The van der Waals surface area contributed by atoms with Crippen LogP contribution >= 0.6 is 0 Å². The molecule has 84 valence electrons. The van der Waals surface area contributed by atoms with Crippen LogP contribution in [0.5, 0.6) is 0 Å². The zero-order chi connectivity index (χ0) is 10.8. The first-order chi connectivity index (χ1) is 6.68. The van der Waals surface area contributed by atoms with Gasteiger partial charge in [-0.15, -0.1) is 0 Å². The SMILES string of the molecule is CCCCCCC=CCC(C)C(C)O. The second kappa shape index (κ2) is 9.26. The van der Waals surface area contributed by atoms with Gasteiger partial charge in [0.2, 0.25) is 0 Å². The van der Waals surface area contributed by atoms with Crippen molar-refractivity contribution in [2.45, 2.75) is 65.4 Å². The molecule has 0 aliphatic rings. The van der Waals surface area contributed by atoms with Crippen molar-refractivity contribution in [3.8, 4) is 0 Å². The fourth-order valence-corrected chi connectivity index (χ4v) is 1.31. The van der Waals surface area contributed by atoms with Crippen LogP contribution in [0.2, 0.25) is 0 Å². The molecule has 0 saturated carbocycles. The van der Waals surface area contributed by atoms with E-state index >= 15 is 0 Å². The van der Waals surface area contributed by atoms with E-state index in [0.717, 1.165) is 6.42 Å². The molecule has 14 heavy (non-hydrogen) atoms. The van der Waals surface area contributed by atoms with Gasteiger partial charge >= 0.3 is 0 Å². The highest BCUT2D eigenvalue weighted by Crippen LogP contribution is 2.09. The van der Waals surface area contributed by atoms with E-state index in [1.807, 2.05) is 6.92 Å². The summed E-state index contributed by atoms with van der Waals surface area (Å²) in [7, 11) is 0. The maximum Gasteiger partial charge on any atom is 0.0540 e. The Bertz CT molecular complexity index is 138. The zero-order valence-corrected chi connectivity index (χ0v) is 10.00. The minimum Gasteiger partial charge on any atom is -0.393 e. The number of hydrogen-bond acceptors (Lipinski definition) is 1. The Labute approximate surface area is 89.2 Å². The van der Waals surface area contributed by atoms with Gasteiger partial charge in [-0.25, -0.2) is 0 Å². The molecular formula is C13H26O. The van der Waals surface area contributed by atoms with E-state index in [2.05, 4.69) is 26.0 Å². The van der Waals surface area contributed by atoms with Gasteiger partial charge in [-0.05, 0) is 32.1 Å². The fourth-order valence-electron chi connectivity index (χ4n) is 1.31. The maximum absolute atomic E-state index is 9.26. The van der Waals surface area contributed by atoms with Crippen LogP contribution in [0.25, 0.3) is 0 Å². The highest BCUT2D eigenvalue weighted by atomic mass is 16.3. The first-order valence-electron chi connectivity index (χ1n) is 6.01. The van der Waals surface area contributed by atoms with Crippen LogP contribution in [-0.2, 0) is 0 Å². The second-order valence-corrected chi connectivity index (χ2v) is 4.27. The summed E-state index contributed by atoms with van der Waals surface area (Å²) in [6, 6.07) is 0. The zero-order valence-electron chi connectivity index (χ0n) is 10.00. The Kier molecular flexibility index (Phi) is 9.06. The molecule has 0 amide bonds. The van der Waals surface area contributed by atoms with Crippen molar-refractivity contribution in [3.05, 3.63) is 12.2 Å². The normalized spacial score (nSPS) is 16.0. The average molecular weight is 198 g/mol. The lowest BCUT2D eigenvalue weighted by Crippen LogP contribution is -2.11. The average Bonchev–Trinajstić information content (AvgIpc) is 2.16. The van der Waals surface area contributed by atoms with Gasteiger partial charge in [-0.1, -0.05) is 45.3 Å². The van der Waals surface area contributed by atoms with Gasteiger partial charge in [0.15, 0.2) is 0 Å². The van der Waals surface area contributed by atoms with E-state index < -0.39 is 0 Å². The van der Waals surface area contributed by atoms with Gasteiger partial charge in [0, 0.05) is 0 Å². The monoisotopic (exact) mass is 198 g/mol. The van der Waals surface area contributed by atoms with Crippen LogP contribution in [0.3, 0.4) is 0 Å². The quantitative estimate of drug-likeness (QED) is 0.463. The summed E-state index contributed by atoms with van der Waals surface area (Å²) in [6.45, 7) is 6.19. The molecule has 1 nitrogen and oxygen atoms in total. The molecule has 0 rings (SSSR count). The number of unbranched alkanes of at least 4 members (excludes halogenated alkanes) is 4. The maximum atomic E-state index is 9.26. The first kappa shape index (κ1) is 13.7. The highest BCUT2D eigenvalue weighted by molar-refractivity contribution is 4.84. The highest BCUT2D eigenvalue weighted by Gasteiger charge is 2.04. The Balaban J connectivity index is 3.27. The predicted molar refractivity (Wildman–Crippen MR) is 63.4 cm³/mol. The van der Waals surface area contributed by atoms with E-state index in [0.29, 0.717) is 5.92 Å². The molecule has 0 saturated heterocycles. The van der Waals surface area contributed by atoms with Gasteiger partial charge in [0.25, 0.3) is 0 Å². The molecule has 0 fully saturated rings. The van der Waals surface area contributed by atoms with Gasteiger partial charge in [-0.3, -0.25) is 0 Å². The molecule has 0 aliphatic carbocycles. The Hall–Kier alpha value is -0.300. The summed E-state index contributed by atoms with van der Waals surface area (Å²) >= 11 is 0. The van der Waals surface area contributed by atoms with Crippen LogP contribution in [0.4, 0.5) is 0 Å². The number of rotatable bonds is 8. The molecule has 1 N–H and O–H groups in total. The van der Waals surface area contributed by atoms with Gasteiger partial charge in [0.1, 0.15) is 0 Å². The van der Waals surface area contributed by atoms with Crippen molar-refractivity contribution in [2.75, 3.05) is 0 Å². The molecule has 2 unspecified atom stereocenters. The van der Waals surface area contributed by atoms with Crippen LogP contribution in [-0.4, -0.2) is 11.2 Å².